The number of aromatic nitrogens is 2. The van der Waals surface area contributed by atoms with Crippen LogP contribution in [0.25, 0.3) is 0 Å². The van der Waals surface area contributed by atoms with E-state index in [1.54, 1.807) is 20.2 Å². The number of hydrogen-bond acceptors (Lipinski definition) is 2. The first-order valence-electron chi connectivity index (χ1n) is 4.17. The number of hydrogen-bond donors (Lipinski definition) is 1. The standard InChI is InChI=1S/C9H16N2O/c1-7(2)11-5-8(10-6-11)9(3,4)12/h5-7,12H,1-4H3. The van der Waals surface area contributed by atoms with Gasteiger partial charge < -0.3 is 9.67 Å². The highest BCUT2D eigenvalue weighted by atomic mass is 16.3. The second-order valence-corrected chi connectivity index (χ2v) is 3.86. The first kappa shape index (κ1) is 9.26. The Morgan fingerprint density at radius 2 is 2.08 bits per heavy atom. The van der Waals surface area contributed by atoms with E-state index in [0.717, 1.165) is 5.69 Å². The molecule has 0 saturated carbocycles. The van der Waals surface area contributed by atoms with Crippen molar-refractivity contribution in [1.29, 1.82) is 0 Å². The van der Waals surface area contributed by atoms with Crippen molar-refractivity contribution < 1.29 is 5.11 Å². The summed E-state index contributed by atoms with van der Waals surface area (Å²) in [5.74, 6) is 0. The van der Waals surface area contributed by atoms with Crippen LogP contribution in [0.5, 0.6) is 0 Å². The molecule has 0 bridgehead atoms. The number of aliphatic hydroxyl groups is 1. The van der Waals surface area contributed by atoms with E-state index in [1.807, 2.05) is 10.8 Å². The van der Waals surface area contributed by atoms with Gasteiger partial charge in [0.25, 0.3) is 0 Å². The van der Waals surface area contributed by atoms with Crippen LogP contribution in [0.15, 0.2) is 12.5 Å². The van der Waals surface area contributed by atoms with Crippen LogP contribution in [-0.4, -0.2) is 14.7 Å². The molecule has 1 aromatic rings. The van der Waals surface area contributed by atoms with Crippen LogP contribution in [0.3, 0.4) is 0 Å². The van der Waals surface area contributed by atoms with Gasteiger partial charge in [0.2, 0.25) is 0 Å². The molecule has 0 fully saturated rings. The molecule has 1 rings (SSSR count). The molecule has 3 heteroatoms. The molecule has 0 aliphatic rings. The number of nitrogens with zero attached hydrogens (tertiary/aromatic N) is 2. The molecule has 0 radical (unpaired) electrons. The predicted octanol–water partition coefficient (Wildman–Crippen LogP) is 1.69. The van der Waals surface area contributed by atoms with Crippen molar-refractivity contribution >= 4 is 0 Å². The lowest BCUT2D eigenvalue weighted by Gasteiger charge is -2.13. The highest BCUT2D eigenvalue weighted by molar-refractivity contribution is 5.06. The van der Waals surface area contributed by atoms with Gasteiger partial charge in [-0.25, -0.2) is 4.98 Å². The van der Waals surface area contributed by atoms with Crippen molar-refractivity contribution in [2.75, 3.05) is 0 Å². The van der Waals surface area contributed by atoms with Crippen LogP contribution in [0.4, 0.5) is 0 Å². The first-order chi connectivity index (χ1) is 5.41. The maximum atomic E-state index is 9.61. The fraction of sp³-hybridized carbons (Fsp3) is 0.667. The van der Waals surface area contributed by atoms with Crippen molar-refractivity contribution in [3.05, 3.63) is 18.2 Å². The highest BCUT2D eigenvalue weighted by Gasteiger charge is 2.18. The molecular formula is C9H16N2O. The average molecular weight is 168 g/mol. The summed E-state index contributed by atoms with van der Waals surface area (Å²) in [5.41, 5.74) is -0.114. The fourth-order valence-corrected chi connectivity index (χ4v) is 0.935. The zero-order chi connectivity index (χ0) is 9.35. The lowest BCUT2D eigenvalue weighted by atomic mass is 10.1. The molecule has 1 N–H and O–H groups in total. The quantitative estimate of drug-likeness (QED) is 0.729. The Morgan fingerprint density at radius 3 is 2.33 bits per heavy atom. The third kappa shape index (κ3) is 1.85. The Labute approximate surface area is 73.1 Å². The van der Waals surface area contributed by atoms with Gasteiger partial charge in [-0.3, -0.25) is 0 Å². The minimum atomic E-state index is -0.833. The van der Waals surface area contributed by atoms with Gasteiger partial charge in [-0.05, 0) is 27.7 Å². The van der Waals surface area contributed by atoms with E-state index in [-0.39, 0.29) is 0 Å². The van der Waals surface area contributed by atoms with Crippen molar-refractivity contribution in [1.82, 2.24) is 9.55 Å². The zero-order valence-electron chi connectivity index (χ0n) is 8.07. The molecule has 12 heavy (non-hydrogen) atoms. The molecule has 1 aromatic heterocycles. The predicted molar refractivity (Wildman–Crippen MR) is 47.9 cm³/mol. The summed E-state index contributed by atoms with van der Waals surface area (Å²) >= 11 is 0. The van der Waals surface area contributed by atoms with Crippen LogP contribution in [0.2, 0.25) is 0 Å². The van der Waals surface area contributed by atoms with Crippen molar-refractivity contribution in [2.45, 2.75) is 39.3 Å². The average Bonchev–Trinajstić information content (AvgIpc) is 2.30. The van der Waals surface area contributed by atoms with Gasteiger partial charge in [-0.15, -0.1) is 0 Å². The Kier molecular flexibility index (Phi) is 2.24. The van der Waals surface area contributed by atoms with Crippen molar-refractivity contribution in [3.63, 3.8) is 0 Å². The third-order valence-corrected chi connectivity index (χ3v) is 1.82. The summed E-state index contributed by atoms with van der Waals surface area (Å²) in [6.07, 6.45) is 3.63. The van der Waals surface area contributed by atoms with Crippen LogP contribution in [0.1, 0.15) is 39.4 Å². The van der Waals surface area contributed by atoms with E-state index in [0.29, 0.717) is 6.04 Å². The molecule has 0 aliphatic heterocycles. The second kappa shape index (κ2) is 2.90. The number of imidazole rings is 1. The summed E-state index contributed by atoms with van der Waals surface area (Å²) < 4.78 is 1.98. The van der Waals surface area contributed by atoms with Gasteiger partial charge in [-0.1, -0.05) is 0 Å². The summed E-state index contributed by atoms with van der Waals surface area (Å²) in [5, 5.41) is 9.61. The second-order valence-electron chi connectivity index (χ2n) is 3.86. The molecule has 0 unspecified atom stereocenters. The maximum Gasteiger partial charge on any atom is 0.102 e. The van der Waals surface area contributed by atoms with Crippen molar-refractivity contribution in [3.8, 4) is 0 Å². The highest BCUT2D eigenvalue weighted by Crippen LogP contribution is 2.18. The Balaban J connectivity index is 2.92. The normalized spacial score (nSPS) is 12.5. The van der Waals surface area contributed by atoms with Crippen LogP contribution in [0, 0.1) is 0 Å². The maximum absolute atomic E-state index is 9.61. The monoisotopic (exact) mass is 168 g/mol. The molecule has 0 saturated heterocycles. The van der Waals surface area contributed by atoms with E-state index >= 15 is 0 Å². The molecule has 0 aliphatic carbocycles. The SMILES string of the molecule is CC(C)n1cnc(C(C)(C)O)c1. The van der Waals surface area contributed by atoms with Crippen molar-refractivity contribution in [2.24, 2.45) is 0 Å². The molecular weight excluding hydrogens is 152 g/mol. The lowest BCUT2D eigenvalue weighted by molar-refractivity contribution is 0.0741. The van der Waals surface area contributed by atoms with E-state index < -0.39 is 5.60 Å². The molecule has 3 nitrogen and oxygen atoms in total. The van der Waals surface area contributed by atoms with E-state index in [2.05, 4.69) is 18.8 Å². The molecule has 68 valence electrons. The minimum absolute atomic E-state index is 0.397. The van der Waals surface area contributed by atoms with Gasteiger partial charge in [0.1, 0.15) is 5.60 Å². The Bertz CT molecular complexity index is 258. The van der Waals surface area contributed by atoms with E-state index in [1.165, 1.54) is 0 Å². The topological polar surface area (TPSA) is 38.0 Å². The molecule has 0 amide bonds. The van der Waals surface area contributed by atoms with E-state index in [9.17, 15) is 5.11 Å². The fourth-order valence-electron chi connectivity index (χ4n) is 0.935. The molecule has 0 spiro atoms. The van der Waals surface area contributed by atoms with Gasteiger partial charge >= 0.3 is 0 Å². The van der Waals surface area contributed by atoms with Gasteiger partial charge in [-0.2, -0.15) is 0 Å². The minimum Gasteiger partial charge on any atom is -0.384 e. The van der Waals surface area contributed by atoms with E-state index in [4.69, 9.17) is 0 Å². The summed E-state index contributed by atoms with van der Waals surface area (Å²) in [6.45, 7) is 7.63. The third-order valence-electron chi connectivity index (χ3n) is 1.82. The summed E-state index contributed by atoms with van der Waals surface area (Å²) in [4.78, 5) is 4.12. The Morgan fingerprint density at radius 1 is 1.50 bits per heavy atom. The first-order valence-corrected chi connectivity index (χ1v) is 4.17. The van der Waals surface area contributed by atoms with Gasteiger partial charge in [0.05, 0.1) is 12.0 Å². The van der Waals surface area contributed by atoms with Gasteiger partial charge in [0.15, 0.2) is 0 Å². The van der Waals surface area contributed by atoms with Crippen LogP contribution < -0.4 is 0 Å². The lowest BCUT2D eigenvalue weighted by Crippen LogP contribution is -2.15. The summed E-state index contributed by atoms with van der Waals surface area (Å²) in [7, 11) is 0. The smallest absolute Gasteiger partial charge is 0.102 e. The molecule has 0 aromatic carbocycles. The molecule has 1 heterocycles. The van der Waals surface area contributed by atoms with Gasteiger partial charge in [0, 0.05) is 12.2 Å². The van der Waals surface area contributed by atoms with Crippen LogP contribution >= 0.6 is 0 Å². The largest absolute Gasteiger partial charge is 0.384 e. The summed E-state index contributed by atoms with van der Waals surface area (Å²) in [6, 6.07) is 0.397. The number of rotatable bonds is 2. The van der Waals surface area contributed by atoms with Crippen LogP contribution in [-0.2, 0) is 5.60 Å². The Hall–Kier alpha value is -0.830. The zero-order valence-corrected chi connectivity index (χ0v) is 8.07. The molecule has 0 atom stereocenters.